The van der Waals surface area contributed by atoms with E-state index in [9.17, 15) is 4.79 Å². The lowest BCUT2D eigenvalue weighted by Gasteiger charge is -2.26. The van der Waals surface area contributed by atoms with Crippen molar-refractivity contribution in [3.05, 3.63) is 22.4 Å². The zero-order chi connectivity index (χ0) is 12.5. The molecule has 1 atom stereocenters. The molecule has 1 aromatic heterocycles. The minimum Gasteiger partial charge on any atom is -0.295 e. The lowest BCUT2D eigenvalue weighted by atomic mass is 9.80. The van der Waals surface area contributed by atoms with Crippen LogP contribution in [0.5, 0.6) is 0 Å². The number of likely N-dealkylation sites (tertiary alicyclic amines) is 1. The zero-order valence-electron chi connectivity index (χ0n) is 10.9. The second-order valence-corrected chi connectivity index (χ2v) is 6.93. The van der Waals surface area contributed by atoms with Crippen LogP contribution >= 0.6 is 11.3 Å². The van der Waals surface area contributed by atoms with Crippen LogP contribution in [0.4, 0.5) is 0 Å². The molecule has 94 valence electrons. The minimum atomic E-state index is 0.273. The second-order valence-electron chi connectivity index (χ2n) is 5.99. The summed E-state index contributed by atoms with van der Waals surface area (Å²) in [6.45, 7) is 9.61. The van der Waals surface area contributed by atoms with E-state index in [2.05, 4.69) is 25.7 Å². The topological polar surface area (TPSA) is 20.3 Å². The van der Waals surface area contributed by atoms with Gasteiger partial charge in [0.25, 0.3) is 0 Å². The summed E-state index contributed by atoms with van der Waals surface area (Å²) in [5.41, 5.74) is 0.362. The van der Waals surface area contributed by atoms with Crippen LogP contribution in [0.2, 0.25) is 0 Å². The van der Waals surface area contributed by atoms with E-state index in [1.807, 2.05) is 17.5 Å². The summed E-state index contributed by atoms with van der Waals surface area (Å²) in [6, 6.07) is 3.87. The Hall–Kier alpha value is -0.670. The van der Waals surface area contributed by atoms with Crippen molar-refractivity contribution in [1.82, 2.24) is 4.90 Å². The van der Waals surface area contributed by atoms with Gasteiger partial charge in [-0.1, -0.05) is 26.8 Å². The Morgan fingerprint density at radius 1 is 1.53 bits per heavy atom. The van der Waals surface area contributed by atoms with Crippen LogP contribution in [0.15, 0.2) is 17.5 Å². The largest absolute Gasteiger partial charge is 0.295 e. The second kappa shape index (κ2) is 4.91. The Balaban J connectivity index is 1.88. The number of hydrogen-bond donors (Lipinski definition) is 0. The highest BCUT2D eigenvalue weighted by Crippen LogP contribution is 2.33. The zero-order valence-corrected chi connectivity index (χ0v) is 11.7. The van der Waals surface area contributed by atoms with Crippen LogP contribution in [-0.4, -0.2) is 30.3 Å². The number of rotatable bonds is 3. The van der Waals surface area contributed by atoms with E-state index in [0.29, 0.717) is 12.0 Å². The van der Waals surface area contributed by atoms with Crippen molar-refractivity contribution in [3.63, 3.8) is 0 Å². The molecule has 0 aromatic carbocycles. The predicted octanol–water partition coefficient (Wildman–Crippen LogP) is 3.30. The van der Waals surface area contributed by atoms with Crippen molar-refractivity contribution in [3.8, 4) is 0 Å². The summed E-state index contributed by atoms with van der Waals surface area (Å²) in [4.78, 5) is 15.2. The van der Waals surface area contributed by atoms with Gasteiger partial charge < -0.3 is 0 Å². The Morgan fingerprint density at radius 2 is 2.29 bits per heavy atom. The third kappa shape index (κ3) is 3.17. The maximum Gasteiger partial charge on any atom is 0.186 e. The van der Waals surface area contributed by atoms with E-state index >= 15 is 0 Å². The van der Waals surface area contributed by atoms with Crippen LogP contribution in [0, 0.1) is 11.3 Å². The Morgan fingerprint density at radius 3 is 2.82 bits per heavy atom. The number of ketones is 1. The van der Waals surface area contributed by atoms with Crippen molar-refractivity contribution in [1.29, 1.82) is 0 Å². The average molecular weight is 251 g/mol. The van der Waals surface area contributed by atoms with Gasteiger partial charge in [-0.05, 0) is 35.7 Å². The highest BCUT2D eigenvalue weighted by atomic mass is 32.1. The van der Waals surface area contributed by atoms with Crippen LogP contribution in [0.3, 0.4) is 0 Å². The molecule has 0 saturated carbocycles. The van der Waals surface area contributed by atoms with Crippen molar-refractivity contribution < 1.29 is 4.79 Å². The lowest BCUT2D eigenvalue weighted by Crippen LogP contribution is -2.30. The van der Waals surface area contributed by atoms with Gasteiger partial charge in [0, 0.05) is 6.54 Å². The Kier molecular flexibility index (Phi) is 3.69. The van der Waals surface area contributed by atoms with E-state index in [1.54, 1.807) is 11.3 Å². The molecule has 1 saturated heterocycles. The number of nitrogens with zero attached hydrogens (tertiary/aromatic N) is 1. The van der Waals surface area contributed by atoms with Gasteiger partial charge in [0.05, 0.1) is 11.4 Å². The molecule has 0 N–H and O–H groups in total. The molecule has 0 amide bonds. The third-order valence-corrected chi connectivity index (χ3v) is 4.57. The lowest BCUT2D eigenvalue weighted by molar-refractivity contribution is 0.0942. The number of thiophene rings is 1. The van der Waals surface area contributed by atoms with E-state index in [0.717, 1.165) is 23.9 Å². The number of carbonyl (C=O) groups is 1. The molecule has 2 rings (SSSR count). The van der Waals surface area contributed by atoms with Crippen LogP contribution in [0.25, 0.3) is 0 Å². The van der Waals surface area contributed by atoms with Gasteiger partial charge in [-0.15, -0.1) is 11.3 Å². The molecule has 1 aliphatic rings. The van der Waals surface area contributed by atoms with E-state index in [1.165, 1.54) is 6.42 Å². The fourth-order valence-corrected chi connectivity index (χ4v) is 3.06. The predicted molar refractivity (Wildman–Crippen MR) is 72.7 cm³/mol. The molecule has 0 aliphatic carbocycles. The van der Waals surface area contributed by atoms with Gasteiger partial charge in [-0.3, -0.25) is 9.69 Å². The fraction of sp³-hybridized carbons (Fsp3) is 0.643. The first-order valence-electron chi connectivity index (χ1n) is 6.26. The Labute approximate surface area is 108 Å². The van der Waals surface area contributed by atoms with Gasteiger partial charge in [-0.25, -0.2) is 0 Å². The standard InChI is InChI=1S/C14H21NOS/c1-14(2,3)11-6-7-15(9-11)10-12(16)13-5-4-8-17-13/h4-5,8,11H,6-7,9-10H2,1-3H3. The molecule has 1 unspecified atom stereocenters. The van der Waals surface area contributed by atoms with Crippen molar-refractivity contribution in [2.45, 2.75) is 27.2 Å². The van der Waals surface area contributed by atoms with Gasteiger partial charge in [0.2, 0.25) is 0 Å². The summed E-state index contributed by atoms with van der Waals surface area (Å²) in [5, 5.41) is 1.97. The molecule has 3 heteroatoms. The highest BCUT2D eigenvalue weighted by Gasteiger charge is 2.32. The highest BCUT2D eigenvalue weighted by molar-refractivity contribution is 7.12. The molecule has 1 aromatic rings. The Bertz CT molecular complexity index is 377. The summed E-state index contributed by atoms with van der Waals surface area (Å²) >= 11 is 1.54. The normalized spacial score (nSPS) is 21.9. The minimum absolute atomic E-state index is 0.273. The maximum absolute atomic E-state index is 12.0. The first-order valence-corrected chi connectivity index (χ1v) is 7.14. The van der Waals surface area contributed by atoms with E-state index in [4.69, 9.17) is 0 Å². The number of carbonyl (C=O) groups excluding carboxylic acids is 1. The average Bonchev–Trinajstić information content (AvgIpc) is 2.85. The SMILES string of the molecule is CC(C)(C)C1CCN(CC(=O)c2cccs2)C1. The van der Waals surface area contributed by atoms with Crippen molar-refractivity contribution >= 4 is 17.1 Å². The van der Waals surface area contributed by atoms with Crippen molar-refractivity contribution in [2.24, 2.45) is 11.3 Å². The molecule has 1 fully saturated rings. The molecule has 2 nitrogen and oxygen atoms in total. The van der Waals surface area contributed by atoms with Gasteiger partial charge in [-0.2, -0.15) is 0 Å². The smallest absolute Gasteiger partial charge is 0.186 e. The fourth-order valence-electron chi connectivity index (χ4n) is 2.40. The third-order valence-electron chi connectivity index (χ3n) is 3.66. The van der Waals surface area contributed by atoms with Gasteiger partial charge >= 0.3 is 0 Å². The molecule has 0 bridgehead atoms. The maximum atomic E-state index is 12.0. The summed E-state index contributed by atoms with van der Waals surface area (Å²) in [5.74, 6) is 0.994. The number of Topliss-reactive ketones (excluding diaryl/α,β-unsaturated/α-hetero) is 1. The van der Waals surface area contributed by atoms with Crippen LogP contribution < -0.4 is 0 Å². The molecular weight excluding hydrogens is 230 g/mol. The monoisotopic (exact) mass is 251 g/mol. The quantitative estimate of drug-likeness (QED) is 0.768. The molecule has 0 spiro atoms. The van der Waals surface area contributed by atoms with E-state index in [-0.39, 0.29) is 5.78 Å². The van der Waals surface area contributed by atoms with Gasteiger partial charge in [0.1, 0.15) is 0 Å². The van der Waals surface area contributed by atoms with Gasteiger partial charge in [0.15, 0.2) is 5.78 Å². The first kappa shape index (κ1) is 12.8. The molecule has 17 heavy (non-hydrogen) atoms. The van der Waals surface area contributed by atoms with Crippen LogP contribution in [0.1, 0.15) is 36.9 Å². The van der Waals surface area contributed by atoms with E-state index < -0.39 is 0 Å². The summed E-state index contributed by atoms with van der Waals surface area (Å²) in [6.07, 6.45) is 1.22. The number of hydrogen-bond acceptors (Lipinski definition) is 3. The van der Waals surface area contributed by atoms with Crippen LogP contribution in [-0.2, 0) is 0 Å². The summed E-state index contributed by atoms with van der Waals surface area (Å²) < 4.78 is 0. The first-order chi connectivity index (χ1) is 7.97. The summed E-state index contributed by atoms with van der Waals surface area (Å²) in [7, 11) is 0. The molecular formula is C14H21NOS. The molecule has 1 aliphatic heterocycles. The van der Waals surface area contributed by atoms with Crippen molar-refractivity contribution in [2.75, 3.05) is 19.6 Å². The molecule has 0 radical (unpaired) electrons. The molecule has 2 heterocycles.